The minimum atomic E-state index is 0.807. The number of fused-ring (bicyclic) bond motifs is 2. The number of hydrogen-bond acceptors (Lipinski definition) is 4. The number of rotatable bonds is 28. The van der Waals surface area contributed by atoms with Crippen molar-refractivity contribution in [2.45, 2.75) is 182 Å². The molecular formula is C40H66O2S2. The number of hydrogen-bond donors (Lipinski definition) is 0. The molecule has 4 heteroatoms. The van der Waals surface area contributed by atoms with Crippen LogP contribution in [0.1, 0.15) is 178 Å². The smallest absolute Gasteiger partial charge is 0.146 e. The predicted octanol–water partition coefficient (Wildman–Crippen LogP) is 14.9. The third-order valence-electron chi connectivity index (χ3n) is 9.10. The second kappa shape index (κ2) is 23.1. The highest BCUT2D eigenvalue weighted by Gasteiger charge is 2.20. The van der Waals surface area contributed by atoms with Crippen LogP contribution in [0.25, 0.3) is 20.2 Å². The molecule has 0 fully saturated rings. The summed E-state index contributed by atoms with van der Waals surface area (Å²) in [5.74, 6) is 2.18. The Balaban J connectivity index is 1.31. The summed E-state index contributed by atoms with van der Waals surface area (Å²) < 4.78 is 15.7. The van der Waals surface area contributed by atoms with Gasteiger partial charge >= 0.3 is 0 Å². The van der Waals surface area contributed by atoms with Crippen LogP contribution in [0.15, 0.2) is 12.1 Å². The summed E-state index contributed by atoms with van der Waals surface area (Å²) >= 11 is 3.72. The van der Waals surface area contributed by atoms with Crippen molar-refractivity contribution >= 4 is 42.8 Å². The van der Waals surface area contributed by atoms with Crippen LogP contribution >= 0.6 is 22.7 Å². The Morgan fingerprint density at radius 2 is 0.682 bits per heavy atom. The highest BCUT2D eigenvalue weighted by molar-refractivity contribution is 7.21. The van der Waals surface area contributed by atoms with E-state index in [4.69, 9.17) is 9.47 Å². The van der Waals surface area contributed by atoms with Gasteiger partial charge in [-0.2, -0.15) is 0 Å². The predicted molar refractivity (Wildman–Crippen MR) is 200 cm³/mol. The van der Waals surface area contributed by atoms with Crippen LogP contribution in [0.3, 0.4) is 0 Å². The number of benzene rings is 1. The van der Waals surface area contributed by atoms with Gasteiger partial charge in [-0.1, -0.05) is 155 Å². The number of ether oxygens (including phenoxy) is 2. The molecule has 0 saturated carbocycles. The number of unbranched alkanes of at least 4 members (excludes halogenated alkanes) is 22. The van der Waals surface area contributed by atoms with Crippen LogP contribution < -0.4 is 9.47 Å². The van der Waals surface area contributed by atoms with Crippen molar-refractivity contribution in [3.05, 3.63) is 21.9 Å². The lowest BCUT2D eigenvalue weighted by atomic mass is 10.0. The van der Waals surface area contributed by atoms with E-state index in [1.807, 2.05) is 22.7 Å². The second-order valence-corrected chi connectivity index (χ2v) is 15.8. The number of thiophene rings is 2. The zero-order valence-electron chi connectivity index (χ0n) is 29.2. The van der Waals surface area contributed by atoms with Gasteiger partial charge in [0.2, 0.25) is 0 Å². The maximum absolute atomic E-state index is 6.59. The monoisotopic (exact) mass is 642 g/mol. The molecular weight excluding hydrogens is 577 g/mol. The van der Waals surface area contributed by atoms with Crippen molar-refractivity contribution in [2.75, 3.05) is 13.2 Å². The fourth-order valence-electron chi connectivity index (χ4n) is 6.47. The first-order valence-electron chi connectivity index (χ1n) is 18.9. The fourth-order valence-corrected chi connectivity index (χ4v) is 8.51. The minimum absolute atomic E-state index is 0.807. The Hall–Kier alpha value is -1.26. The molecule has 0 spiro atoms. The zero-order valence-corrected chi connectivity index (χ0v) is 30.8. The van der Waals surface area contributed by atoms with E-state index in [9.17, 15) is 0 Å². The fraction of sp³-hybridized carbons (Fsp3) is 0.750. The molecule has 0 amide bonds. The molecule has 0 atom stereocenters. The molecule has 250 valence electrons. The summed E-state index contributed by atoms with van der Waals surface area (Å²) in [4.78, 5) is 2.66. The molecule has 0 aliphatic rings. The maximum Gasteiger partial charge on any atom is 0.146 e. The summed E-state index contributed by atoms with van der Waals surface area (Å²) in [5, 5.41) is 2.50. The SMILES string of the molecule is CCCCCCCCCCCCCCCCCCCCOc1c2cc(C)sc2c(OCCCCCCCC)c2cc(C)sc12. The quantitative estimate of drug-likeness (QED) is 0.0734. The normalized spacial score (nSPS) is 11.7. The van der Waals surface area contributed by atoms with Crippen LogP contribution in [0.2, 0.25) is 0 Å². The summed E-state index contributed by atoms with van der Waals surface area (Å²) in [5.41, 5.74) is 0. The van der Waals surface area contributed by atoms with Crippen LogP contribution in [0.4, 0.5) is 0 Å². The van der Waals surface area contributed by atoms with Crippen LogP contribution in [-0.2, 0) is 0 Å². The molecule has 1 aromatic carbocycles. The lowest BCUT2D eigenvalue weighted by molar-refractivity contribution is 0.307. The minimum Gasteiger partial charge on any atom is -0.491 e. The molecule has 0 unspecified atom stereocenters. The molecule has 0 N–H and O–H groups in total. The molecule has 2 heterocycles. The van der Waals surface area contributed by atoms with Crippen LogP contribution in [0.5, 0.6) is 11.5 Å². The first-order valence-corrected chi connectivity index (χ1v) is 20.5. The molecule has 2 aromatic heterocycles. The number of aryl methyl sites for hydroxylation is 2. The molecule has 3 aromatic rings. The molecule has 0 aliphatic carbocycles. The zero-order chi connectivity index (χ0) is 31.2. The third kappa shape index (κ3) is 13.6. The Morgan fingerprint density at radius 3 is 0.977 bits per heavy atom. The van der Waals surface area contributed by atoms with Gasteiger partial charge in [-0.3, -0.25) is 0 Å². The Bertz CT molecular complexity index is 1090. The summed E-state index contributed by atoms with van der Waals surface area (Å²) in [6.45, 7) is 10.6. The average Bonchev–Trinajstić information content (AvgIpc) is 3.60. The van der Waals surface area contributed by atoms with Crippen molar-refractivity contribution in [3.63, 3.8) is 0 Å². The van der Waals surface area contributed by atoms with Crippen molar-refractivity contribution in [2.24, 2.45) is 0 Å². The Morgan fingerprint density at radius 1 is 0.409 bits per heavy atom. The van der Waals surface area contributed by atoms with E-state index in [0.29, 0.717) is 0 Å². The molecule has 2 nitrogen and oxygen atoms in total. The van der Waals surface area contributed by atoms with Gasteiger partial charge in [-0.15, -0.1) is 22.7 Å². The van der Waals surface area contributed by atoms with E-state index in [-0.39, 0.29) is 0 Å². The van der Waals surface area contributed by atoms with E-state index in [1.54, 1.807) is 0 Å². The first-order chi connectivity index (χ1) is 21.7. The van der Waals surface area contributed by atoms with Crippen molar-refractivity contribution < 1.29 is 9.47 Å². The van der Waals surface area contributed by atoms with Gasteiger partial charge in [0.15, 0.2) is 0 Å². The van der Waals surface area contributed by atoms with Crippen molar-refractivity contribution in [1.29, 1.82) is 0 Å². The summed E-state index contributed by atoms with van der Waals surface area (Å²) in [7, 11) is 0. The van der Waals surface area contributed by atoms with E-state index in [1.165, 1.54) is 171 Å². The van der Waals surface area contributed by atoms with Gasteiger partial charge < -0.3 is 9.47 Å². The van der Waals surface area contributed by atoms with Gasteiger partial charge in [0, 0.05) is 20.5 Å². The van der Waals surface area contributed by atoms with Gasteiger partial charge in [0.25, 0.3) is 0 Å². The second-order valence-electron chi connectivity index (χ2n) is 13.3. The third-order valence-corrected chi connectivity index (χ3v) is 11.2. The van der Waals surface area contributed by atoms with Crippen LogP contribution in [-0.4, -0.2) is 13.2 Å². The average molecular weight is 643 g/mol. The van der Waals surface area contributed by atoms with Gasteiger partial charge in [-0.05, 0) is 38.8 Å². The summed E-state index contributed by atoms with van der Waals surface area (Å²) in [6, 6.07) is 4.63. The van der Waals surface area contributed by atoms with Crippen molar-refractivity contribution in [1.82, 2.24) is 0 Å². The van der Waals surface area contributed by atoms with Gasteiger partial charge in [-0.25, -0.2) is 0 Å². The highest BCUT2D eigenvalue weighted by atomic mass is 32.1. The Kier molecular flexibility index (Phi) is 19.5. The highest BCUT2D eigenvalue weighted by Crippen LogP contribution is 2.49. The van der Waals surface area contributed by atoms with Gasteiger partial charge in [0.05, 0.1) is 22.6 Å². The molecule has 0 bridgehead atoms. The van der Waals surface area contributed by atoms with E-state index >= 15 is 0 Å². The molecule has 3 rings (SSSR count). The molecule has 44 heavy (non-hydrogen) atoms. The molecule has 0 radical (unpaired) electrons. The van der Waals surface area contributed by atoms with Gasteiger partial charge in [0.1, 0.15) is 11.5 Å². The lowest BCUT2D eigenvalue weighted by Crippen LogP contribution is -2.00. The first kappa shape index (κ1) is 37.2. The largest absolute Gasteiger partial charge is 0.491 e. The lowest BCUT2D eigenvalue weighted by Gasteiger charge is -2.14. The van der Waals surface area contributed by atoms with E-state index < -0.39 is 0 Å². The maximum atomic E-state index is 6.59. The standard InChI is InChI=1S/C40H66O2S2/c1-5-7-9-11-13-14-15-16-17-18-19-20-21-22-23-24-26-28-30-42-38-36-32-34(4)43-39(36)37(35-31-33(3)44-40(35)38)41-29-27-25-12-10-8-6-2/h31-32H,5-30H2,1-4H3. The summed E-state index contributed by atoms with van der Waals surface area (Å²) in [6.07, 6.45) is 33.0. The molecule has 0 saturated heterocycles. The van der Waals surface area contributed by atoms with E-state index in [2.05, 4.69) is 39.8 Å². The molecule has 0 aliphatic heterocycles. The Labute approximate surface area is 279 Å². The van der Waals surface area contributed by atoms with E-state index in [0.717, 1.165) is 37.6 Å². The topological polar surface area (TPSA) is 18.5 Å². The van der Waals surface area contributed by atoms with Crippen molar-refractivity contribution in [3.8, 4) is 11.5 Å². The van der Waals surface area contributed by atoms with Crippen LogP contribution in [0, 0.1) is 13.8 Å².